The molecule has 1 aliphatic heterocycles. The summed E-state index contributed by atoms with van der Waals surface area (Å²) in [5, 5.41) is 3.45. The monoisotopic (exact) mass is 575 g/mol. The topological polar surface area (TPSA) is 62.1 Å². The summed E-state index contributed by atoms with van der Waals surface area (Å²) < 4.78 is 22.9. The van der Waals surface area contributed by atoms with Crippen LogP contribution in [0.5, 0.6) is 5.75 Å². The van der Waals surface area contributed by atoms with Gasteiger partial charge in [0.25, 0.3) is 5.91 Å². The molecule has 1 aliphatic carbocycles. The predicted molar refractivity (Wildman–Crippen MR) is 161 cm³/mol. The van der Waals surface area contributed by atoms with Gasteiger partial charge in [-0.3, -0.25) is 9.20 Å². The van der Waals surface area contributed by atoms with E-state index >= 15 is 4.39 Å². The van der Waals surface area contributed by atoms with Crippen molar-refractivity contribution < 1.29 is 13.9 Å². The van der Waals surface area contributed by atoms with Crippen LogP contribution in [0, 0.1) is 11.7 Å². The second kappa shape index (κ2) is 11.6. The third-order valence-corrected chi connectivity index (χ3v) is 8.21. The van der Waals surface area contributed by atoms with Gasteiger partial charge < -0.3 is 19.9 Å². The van der Waals surface area contributed by atoms with Gasteiger partial charge in [0.2, 0.25) is 0 Å². The van der Waals surface area contributed by atoms with Crippen LogP contribution in [0.25, 0.3) is 5.65 Å². The molecule has 1 amide bonds. The SMILES string of the molecule is CCc1nc2ccc(Cl)cn2c1C(=O)NCc1ccc(N2CCN(c3ccc(OCC4CC4)cc3)[C@@H](C)C2)c(F)c1. The molecule has 2 fully saturated rings. The number of nitrogens with zero attached hydrogens (tertiary/aromatic N) is 4. The number of hydrogen-bond acceptors (Lipinski definition) is 5. The standard InChI is InChI=1S/C32H35ClFN5O2/c1-3-28-31(39-19-24(33)7-13-30(39)36-28)32(40)35-17-23-6-12-29(27(34)16-23)37-14-15-38(21(2)18-37)25-8-10-26(11-9-25)41-20-22-4-5-22/h6-13,16,19,21-22H,3-5,14-15,17-18,20H2,1-2H3,(H,35,40)/t21-/m0/s1. The Bertz CT molecular complexity index is 1550. The number of carbonyl (C=O) groups excluding carboxylic acids is 1. The number of hydrogen-bond donors (Lipinski definition) is 1. The first-order valence-electron chi connectivity index (χ1n) is 14.4. The first-order valence-corrected chi connectivity index (χ1v) is 14.7. The van der Waals surface area contributed by atoms with Gasteiger partial charge in [-0.05, 0) is 86.2 Å². The Kier molecular flexibility index (Phi) is 7.75. The number of aromatic nitrogens is 2. The Morgan fingerprint density at radius 3 is 2.63 bits per heavy atom. The third-order valence-electron chi connectivity index (χ3n) is 7.99. The fourth-order valence-electron chi connectivity index (χ4n) is 5.53. The van der Waals surface area contributed by atoms with E-state index in [0.717, 1.165) is 30.5 Å². The van der Waals surface area contributed by atoms with E-state index in [0.29, 0.717) is 52.8 Å². The van der Waals surface area contributed by atoms with Crippen LogP contribution in [0.3, 0.4) is 0 Å². The Hall–Kier alpha value is -3.78. The second-order valence-corrected chi connectivity index (χ2v) is 11.5. The molecule has 0 radical (unpaired) electrons. The molecule has 0 spiro atoms. The summed E-state index contributed by atoms with van der Waals surface area (Å²) in [6, 6.07) is 17.3. The average Bonchev–Trinajstić information content (AvgIpc) is 3.74. The van der Waals surface area contributed by atoms with Gasteiger partial charge in [-0.25, -0.2) is 9.37 Å². The minimum Gasteiger partial charge on any atom is -0.493 e. The maximum Gasteiger partial charge on any atom is 0.270 e. The predicted octanol–water partition coefficient (Wildman–Crippen LogP) is 6.12. The summed E-state index contributed by atoms with van der Waals surface area (Å²) in [6.07, 6.45) is 4.85. The summed E-state index contributed by atoms with van der Waals surface area (Å²) >= 11 is 6.16. The first kappa shape index (κ1) is 27.4. The largest absolute Gasteiger partial charge is 0.493 e. The highest BCUT2D eigenvalue weighted by molar-refractivity contribution is 6.30. The Morgan fingerprint density at radius 2 is 1.93 bits per heavy atom. The minimum atomic E-state index is -0.287. The molecule has 1 atom stereocenters. The second-order valence-electron chi connectivity index (χ2n) is 11.0. The van der Waals surface area contributed by atoms with Crippen LogP contribution in [0.2, 0.25) is 5.02 Å². The Balaban J connectivity index is 1.07. The van der Waals surface area contributed by atoms with E-state index in [9.17, 15) is 4.79 Å². The van der Waals surface area contributed by atoms with Crippen molar-refractivity contribution in [3.8, 4) is 5.75 Å². The Morgan fingerprint density at radius 1 is 1.12 bits per heavy atom. The van der Waals surface area contributed by atoms with Crippen molar-refractivity contribution in [1.29, 1.82) is 0 Å². The van der Waals surface area contributed by atoms with Crippen molar-refractivity contribution in [3.63, 3.8) is 0 Å². The van der Waals surface area contributed by atoms with Gasteiger partial charge in [-0.1, -0.05) is 24.6 Å². The molecule has 41 heavy (non-hydrogen) atoms. The molecule has 6 rings (SSSR count). The van der Waals surface area contributed by atoms with Crippen molar-refractivity contribution in [3.05, 3.63) is 88.6 Å². The molecule has 2 aliphatic rings. The van der Waals surface area contributed by atoms with Crippen LogP contribution in [0.1, 0.15) is 48.4 Å². The number of piperazine rings is 1. The number of imidazole rings is 1. The number of pyridine rings is 1. The lowest BCUT2D eigenvalue weighted by Gasteiger charge is -2.42. The normalized spacial score (nSPS) is 17.2. The molecule has 1 saturated heterocycles. The zero-order valence-corrected chi connectivity index (χ0v) is 24.2. The molecular weight excluding hydrogens is 541 g/mol. The van der Waals surface area contributed by atoms with Crippen molar-refractivity contribution in [1.82, 2.24) is 14.7 Å². The number of benzene rings is 2. The number of amides is 1. The summed E-state index contributed by atoms with van der Waals surface area (Å²) in [5.41, 5.74) is 4.24. The highest BCUT2D eigenvalue weighted by Gasteiger charge is 2.26. The molecule has 214 valence electrons. The Labute approximate surface area is 244 Å². The van der Waals surface area contributed by atoms with E-state index < -0.39 is 0 Å². The lowest BCUT2D eigenvalue weighted by atomic mass is 10.1. The van der Waals surface area contributed by atoms with Crippen LogP contribution < -0.4 is 19.9 Å². The molecular formula is C32H35ClFN5O2. The number of ether oxygens (including phenoxy) is 1. The highest BCUT2D eigenvalue weighted by Crippen LogP contribution is 2.31. The lowest BCUT2D eigenvalue weighted by molar-refractivity contribution is 0.0944. The van der Waals surface area contributed by atoms with E-state index in [-0.39, 0.29) is 24.3 Å². The number of aryl methyl sites for hydroxylation is 1. The molecule has 0 bridgehead atoms. The van der Waals surface area contributed by atoms with E-state index in [1.165, 1.54) is 18.9 Å². The van der Waals surface area contributed by atoms with Gasteiger partial charge in [0.1, 0.15) is 22.9 Å². The van der Waals surface area contributed by atoms with Crippen LogP contribution >= 0.6 is 11.6 Å². The van der Waals surface area contributed by atoms with Gasteiger partial charge in [0.05, 0.1) is 23.0 Å². The maximum absolute atomic E-state index is 15.3. The fraction of sp³-hybridized carbons (Fsp3) is 0.375. The highest BCUT2D eigenvalue weighted by atomic mass is 35.5. The number of rotatable bonds is 9. The number of anilines is 2. The van der Waals surface area contributed by atoms with Crippen LogP contribution in [0.4, 0.5) is 15.8 Å². The van der Waals surface area contributed by atoms with Gasteiger partial charge in [-0.15, -0.1) is 0 Å². The number of nitrogens with one attached hydrogen (secondary N) is 1. The molecule has 0 unspecified atom stereocenters. The van der Waals surface area contributed by atoms with E-state index in [1.807, 2.05) is 31.2 Å². The molecule has 2 aromatic heterocycles. The van der Waals surface area contributed by atoms with Crippen molar-refractivity contribution >= 4 is 34.5 Å². The average molecular weight is 576 g/mol. The van der Waals surface area contributed by atoms with Gasteiger partial charge in [0, 0.05) is 44.1 Å². The quantitative estimate of drug-likeness (QED) is 0.260. The van der Waals surface area contributed by atoms with Crippen LogP contribution in [0.15, 0.2) is 60.8 Å². The summed E-state index contributed by atoms with van der Waals surface area (Å²) in [6.45, 7) is 7.36. The zero-order valence-electron chi connectivity index (χ0n) is 23.4. The summed E-state index contributed by atoms with van der Waals surface area (Å²) in [4.78, 5) is 22.1. The number of carbonyl (C=O) groups is 1. The number of halogens is 2. The van der Waals surface area contributed by atoms with Gasteiger partial charge in [0.15, 0.2) is 0 Å². The van der Waals surface area contributed by atoms with E-state index in [1.54, 1.807) is 22.7 Å². The molecule has 7 nitrogen and oxygen atoms in total. The van der Waals surface area contributed by atoms with Gasteiger partial charge in [-0.2, -0.15) is 0 Å². The van der Waals surface area contributed by atoms with Crippen molar-refractivity contribution in [2.45, 2.75) is 45.7 Å². The molecule has 2 aromatic carbocycles. The fourth-order valence-corrected chi connectivity index (χ4v) is 5.69. The van der Waals surface area contributed by atoms with Gasteiger partial charge >= 0.3 is 0 Å². The molecule has 9 heteroatoms. The van der Waals surface area contributed by atoms with Crippen molar-refractivity contribution in [2.24, 2.45) is 5.92 Å². The molecule has 4 aromatic rings. The number of fused-ring (bicyclic) bond motifs is 1. The third kappa shape index (κ3) is 5.98. The first-order chi connectivity index (χ1) is 19.9. The molecule has 1 saturated carbocycles. The summed E-state index contributed by atoms with van der Waals surface area (Å²) in [5.74, 6) is 1.09. The summed E-state index contributed by atoms with van der Waals surface area (Å²) in [7, 11) is 0. The minimum absolute atomic E-state index is 0.206. The lowest BCUT2D eigenvalue weighted by Crippen LogP contribution is -2.52. The molecule has 3 heterocycles. The van der Waals surface area contributed by atoms with Crippen LogP contribution in [-0.2, 0) is 13.0 Å². The maximum atomic E-state index is 15.3. The van der Waals surface area contributed by atoms with Crippen molar-refractivity contribution in [2.75, 3.05) is 36.0 Å². The van der Waals surface area contributed by atoms with Crippen LogP contribution in [-0.4, -0.2) is 47.6 Å². The van der Waals surface area contributed by atoms with E-state index in [4.69, 9.17) is 16.3 Å². The van der Waals surface area contributed by atoms with E-state index in [2.05, 4.69) is 39.2 Å². The zero-order chi connectivity index (χ0) is 28.5. The molecule has 1 N–H and O–H groups in total. The smallest absolute Gasteiger partial charge is 0.270 e.